The molecule has 47 heavy (non-hydrogen) atoms. The number of rotatable bonds is 1. The van der Waals surface area contributed by atoms with E-state index in [0.29, 0.717) is 33.8 Å². The first-order valence-corrected chi connectivity index (χ1v) is 15.5. The lowest BCUT2D eigenvalue weighted by Crippen LogP contribution is -2.62. The van der Waals surface area contributed by atoms with Crippen molar-refractivity contribution in [3.63, 3.8) is 0 Å². The lowest BCUT2D eigenvalue weighted by atomic mass is 9.44. The van der Waals surface area contributed by atoms with Crippen LogP contribution < -0.4 is 20.6 Å². The Morgan fingerprint density at radius 2 is 1.21 bits per heavy atom. The van der Waals surface area contributed by atoms with Crippen molar-refractivity contribution in [2.75, 3.05) is 9.71 Å². The smallest absolute Gasteiger partial charge is 0.332 e. The quantitative estimate of drug-likeness (QED) is 0.144. The van der Waals surface area contributed by atoms with Gasteiger partial charge < -0.3 is 9.71 Å². The van der Waals surface area contributed by atoms with Gasteiger partial charge in [0.1, 0.15) is 6.07 Å². The van der Waals surface area contributed by atoms with Crippen molar-refractivity contribution in [3.05, 3.63) is 141 Å². The first kappa shape index (κ1) is 28.2. The minimum Gasteiger partial charge on any atom is -0.374 e. The molecule has 0 aliphatic carbocycles. The number of nitrogens with zero attached hydrogens (tertiary/aromatic N) is 6. The Labute approximate surface area is 274 Å². The predicted molar refractivity (Wildman–Crippen MR) is 186 cm³/mol. The van der Waals surface area contributed by atoms with Crippen molar-refractivity contribution in [1.82, 2.24) is 0 Å². The summed E-state index contributed by atoms with van der Waals surface area (Å²) in [4.78, 5) is 8.25. The van der Waals surface area contributed by atoms with Crippen LogP contribution in [0.4, 0.5) is 34.1 Å². The van der Waals surface area contributed by atoms with Crippen LogP contribution in [-0.2, 0) is 10.8 Å². The Morgan fingerprint density at radius 1 is 0.617 bits per heavy atom. The Morgan fingerprint density at radius 3 is 1.91 bits per heavy atom. The zero-order valence-electron chi connectivity index (χ0n) is 26.4. The highest BCUT2D eigenvalue weighted by atomic mass is 15.2. The summed E-state index contributed by atoms with van der Waals surface area (Å²) in [6.45, 7) is 16.0. The Hall–Kier alpha value is -6.28. The lowest BCUT2D eigenvalue weighted by Gasteiger charge is -2.51. The summed E-state index contributed by atoms with van der Waals surface area (Å²) in [5.74, 6) is 0. The molecule has 6 nitrogen and oxygen atoms in total. The molecule has 0 amide bonds. The molecule has 0 N–H and O–H groups in total. The first-order valence-electron chi connectivity index (χ1n) is 15.5. The van der Waals surface area contributed by atoms with E-state index in [-0.39, 0.29) is 5.41 Å². The molecule has 8 rings (SSSR count). The predicted octanol–water partition coefficient (Wildman–Crippen LogP) is 7.86. The molecule has 0 fully saturated rings. The summed E-state index contributed by atoms with van der Waals surface area (Å²) >= 11 is 0. The van der Waals surface area contributed by atoms with Gasteiger partial charge in [0, 0.05) is 27.9 Å². The molecule has 3 heterocycles. The molecule has 0 saturated heterocycles. The van der Waals surface area contributed by atoms with Gasteiger partial charge in [0.2, 0.25) is 0 Å². The molecular formula is C40H27BN6. The minimum atomic E-state index is -0.719. The van der Waals surface area contributed by atoms with Crippen LogP contribution in [0.5, 0.6) is 0 Å². The minimum absolute atomic E-state index is 0.295. The van der Waals surface area contributed by atoms with Gasteiger partial charge in [-0.3, -0.25) is 0 Å². The zero-order valence-corrected chi connectivity index (χ0v) is 26.4. The van der Waals surface area contributed by atoms with Crippen LogP contribution in [0.1, 0.15) is 66.6 Å². The molecular weight excluding hydrogens is 575 g/mol. The maximum absolute atomic E-state index is 10.7. The van der Waals surface area contributed by atoms with Gasteiger partial charge in [0.25, 0.3) is 0 Å². The third-order valence-corrected chi connectivity index (χ3v) is 10.3. The van der Waals surface area contributed by atoms with Crippen LogP contribution in [-0.4, -0.2) is 6.85 Å². The van der Waals surface area contributed by atoms with Crippen molar-refractivity contribution >= 4 is 51.9 Å². The molecule has 220 valence electrons. The molecule has 3 aliphatic rings. The summed E-state index contributed by atoms with van der Waals surface area (Å²) in [5.41, 5.74) is 11.2. The largest absolute Gasteiger partial charge is 0.374 e. The van der Waals surface area contributed by atoms with Gasteiger partial charge >= 0.3 is 6.85 Å². The van der Waals surface area contributed by atoms with Crippen molar-refractivity contribution in [3.8, 4) is 18.2 Å². The SMILES string of the molecule is [C-]#[N+]c1cc(C#N)c2c(c1)C(C)(C)c1cc(C#N)cc(C#N)c1N2B1c2ccccc2N2c3ccccc3C(C)(C)c3cccc1c32. The highest BCUT2D eigenvalue weighted by Gasteiger charge is 2.50. The fraction of sp³-hybridized carbons (Fsp3) is 0.150. The monoisotopic (exact) mass is 602 g/mol. The normalized spacial score (nSPS) is 15.4. The number of anilines is 5. The first-order chi connectivity index (χ1) is 22.7. The maximum atomic E-state index is 10.7. The summed E-state index contributed by atoms with van der Waals surface area (Å²) < 4.78 is 0. The highest BCUT2D eigenvalue weighted by molar-refractivity contribution is 6.92. The van der Waals surface area contributed by atoms with Crippen LogP contribution in [0.2, 0.25) is 0 Å². The van der Waals surface area contributed by atoms with Gasteiger partial charge in [-0.05, 0) is 63.5 Å². The molecule has 3 aliphatic heterocycles. The van der Waals surface area contributed by atoms with Gasteiger partial charge in [-0.2, -0.15) is 15.8 Å². The van der Waals surface area contributed by atoms with E-state index in [2.05, 4.69) is 107 Å². The van der Waals surface area contributed by atoms with Crippen molar-refractivity contribution in [1.29, 1.82) is 15.8 Å². The fourth-order valence-corrected chi connectivity index (χ4v) is 8.16. The van der Waals surface area contributed by atoms with Crippen LogP contribution in [0.15, 0.2) is 91.0 Å². The molecule has 5 aromatic rings. The Kier molecular flexibility index (Phi) is 5.77. The summed E-state index contributed by atoms with van der Waals surface area (Å²) in [6.07, 6.45) is 0. The number of nitriles is 3. The standard InChI is InChI=1S/C40H27BN6/c1-39(2)28-11-6-8-15-34(28)46-35-16-9-7-13-32(35)41(33-14-10-12-29(39)38(33)46)47-36-25(22-43)17-24(21-42)18-30(36)40(3,4)31-20-27(45-5)19-26(23-44)37(31)47/h6-20H,1-4H3. The molecule has 0 saturated carbocycles. The zero-order chi connectivity index (χ0) is 32.8. The van der Waals surface area contributed by atoms with E-state index < -0.39 is 12.3 Å². The Bertz CT molecular complexity index is 2310. The molecule has 0 bridgehead atoms. The molecule has 0 aromatic heterocycles. The number of fused-ring (bicyclic) bond motifs is 6. The summed E-state index contributed by atoms with van der Waals surface area (Å²) in [7, 11) is 0. The fourth-order valence-electron chi connectivity index (χ4n) is 8.16. The number of para-hydroxylation sites is 3. The van der Waals surface area contributed by atoms with E-state index in [0.717, 1.165) is 39.1 Å². The topological polar surface area (TPSA) is 82.2 Å². The van der Waals surface area contributed by atoms with Crippen LogP contribution in [0.3, 0.4) is 0 Å². The summed E-state index contributed by atoms with van der Waals surface area (Å²) in [6, 6.07) is 37.5. The van der Waals surface area contributed by atoms with Crippen molar-refractivity contribution in [2.45, 2.75) is 38.5 Å². The van der Waals surface area contributed by atoms with E-state index >= 15 is 0 Å². The molecule has 0 radical (unpaired) electrons. The average molecular weight is 603 g/mol. The molecule has 5 aromatic carbocycles. The van der Waals surface area contributed by atoms with Crippen molar-refractivity contribution in [2.24, 2.45) is 0 Å². The van der Waals surface area contributed by atoms with Gasteiger partial charge in [0.05, 0.1) is 46.8 Å². The average Bonchev–Trinajstić information content (AvgIpc) is 3.09. The van der Waals surface area contributed by atoms with Gasteiger partial charge in [0.15, 0.2) is 5.69 Å². The Balaban J connectivity index is 1.55. The van der Waals surface area contributed by atoms with Crippen LogP contribution in [0, 0.1) is 40.6 Å². The van der Waals surface area contributed by atoms with Crippen molar-refractivity contribution < 1.29 is 0 Å². The molecule has 0 unspecified atom stereocenters. The second-order valence-electron chi connectivity index (χ2n) is 13.4. The number of benzene rings is 5. The van der Waals surface area contributed by atoms with Crippen LogP contribution >= 0.6 is 0 Å². The summed E-state index contributed by atoms with van der Waals surface area (Å²) in [5, 5.41) is 31.3. The number of hydrogen-bond donors (Lipinski definition) is 0. The molecule has 0 spiro atoms. The second-order valence-corrected chi connectivity index (χ2v) is 13.4. The van der Waals surface area contributed by atoms with E-state index in [4.69, 9.17) is 6.57 Å². The second kappa shape index (κ2) is 9.61. The maximum Gasteiger partial charge on any atom is 0.332 e. The third-order valence-electron chi connectivity index (χ3n) is 10.3. The van der Waals surface area contributed by atoms with Gasteiger partial charge in [-0.1, -0.05) is 88.4 Å². The number of hydrogen-bond acceptors (Lipinski definition) is 5. The highest BCUT2D eigenvalue weighted by Crippen LogP contribution is 2.56. The van der Waals surface area contributed by atoms with E-state index in [9.17, 15) is 15.8 Å². The van der Waals surface area contributed by atoms with E-state index in [1.54, 1.807) is 12.1 Å². The third kappa shape index (κ3) is 3.58. The van der Waals surface area contributed by atoms with E-state index in [1.165, 1.54) is 11.1 Å². The molecule has 0 atom stereocenters. The van der Waals surface area contributed by atoms with Crippen LogP contribution in [0.25, 0.3) is 4.85 Å². The van der Waals surface area contributed by atoms with Gasteiger partial charge in [-0.25, -0.2) is 4.85 Å². The van der Waals surface area contributed by atoms with Gasteiger partial charge in [-0.15, -0.1) is 0 Å². The lowest BCUT2D eigenvalue weighted by molar-refractivity contribution is 0.632. The molecule has 7 heteroatoms. The van der Waals surface area contributed by atoms with E-state index in [1.807, 2.05) is 32.0 Å².